The van der Waals surface area contributed by atoms with Gasteiger partial charge in [-0.2, -0.15) is 0 Å². The maximum atomic E-state index is 12.3. The van der Waals surface area contributed by atoms with Crippen LogP contribution in [0.5, 0.6) is 0 Å². The molecule has 1 saturated heterocycles. The van der Waals surface area contributed by atoms with Crippen LogP contribution in [0.1, 0.15) is 5.56 Å². The topological polar surface area (TPSA) is 23.6 Å². The fraction of sp³-hybridized carbons (Fsp3) is 0.211. The molecule has 0 atom stereocenters. The number of hydrogen-bond acceptors (Lipinski definition) is 2. The number of halogens is 2. The quantitative estimate of drug-likeness (QED) is 0.759. The molecule has 0 bridgehead atoms. The van der Waals surface area contributed by atoms with Gasteiger partial charge < -0.3 is 9.80 Å². The van der Waals surface area contributed by atoms with Crippen molar-refractivity contribution in [3.05, 3.63) is 70.2 Å². The fourth-order valence-electron chi connectivity index (χ4n) is 2.70. The van der Waals surface area contributed by atoms with Crippen molar-refractivity contribution < 1.29 is 4.79 Å². The summed E-state index contributed by atoms with van der Waals surface area (Å²) in [5.74, 6) is 0.0377. The molecule has 5 heteroatoms. The molecule has 2 aromatic rings. The van der Waals surface area contributed by atoms with Crippen LogP contribution in [0, 0.1) is 0 Å². The van der Waals surface area contributed by atoms with Crippen molar-refractivity contribution >= 4 is 40.9 Å². The van der Waals surface area contributed by atoms with Crippen molar-refractivity contribution in [2.75, 3.05) is 31.1 Å². The van der Waals surface area contributed by atoms with E-state index >= 15 is 0 Å². The summed E-state index contributed by atoms with van der Waals surface area (Å²) >= 11 is 11.9. The largest absolute Gasteiger partial charge is 0.368 e. The Kier molecular flexibility index (Phi) is 5.44. The summed E-state index contributed by atoms with van der Waals surface area (Å²) < 4.78 is 0. The van der Waals surface area contributed by atoms with E-state index < -0.39 is 0 Å². The molecule has 0 spiro atoms. The number of rotatable bonds is 3. The fourth-order valence-corrected chi connectivity index (χ4v) is 3.02. The summed E-state index contributed by atoms with van der Waals surface area (Å²) in [6.45, 7) is 3.02. The predicted octanol–water partition coefficient (Wildman–Crippen LogP) is 4.36. The summed E-state index contributed by atoms with van der Waals surface area (Å²) in [4.78, 5) is 16.4. The van der Waals surface area contributed by atoms with Gasteiger partial charge in [0.2, 0.25) is 5.91 Å². The van der Waals surface area contributed by atoms with Gasteiger partial charge in [0, 0.05) is 48.0 Å². The molecule has 1 amide bonds. The van der Waals surface area contributed by atoms with Gasteiger partial charge in [-0.05, 0) is 42.0 Å². The van der Waals surface area contributed by atoms with Crippen molar-refractivity contribution in [2.45, 2.75) is 0 Å². The monoisotopic (exact) mass is 360 g/mol. The lowest BCUT2D eigenvalue weighted by Gasteiger charge is -2.35. The SMILES string of the molecule is O=C(/C=C\c1ccc(Cl)cc1)N1CCN(c2cccc(Cl)c2)CC1. The number of nitrogens with zero attached hydrogens (tertiary/aromatic N) is 2. The molecule has 0 aliphatic carbocycles. The van der Waals surface area contributed by atoms with Crippen LogP contribution in [-0.4, -0.2) is 37.0 Å². The number of carbonyl (C=O) groups is 1. The van der Waals surface area contributed by atoms with Crippen molar-refractivity contribution in [1.82, 2.24) is 4.90 Å². The smallest absolute Gasteiger partial charge is 0.246 e. The van der Waals surface area contributed by atoms with E-state index in [9.17, 15) is 4.79 Å². The Hall–Kier alpha value is -1.97. The maximum Gasteiger partial charge on any atom is 0.246 e. The number of hydrogen-bond donors (Lipinski definition) is 0. The van der Waals surface area contributed by atoms with E-state index in [2.05, 4.69) is 4.90 Å². The highest BCUT2D eigenvalue weighted by Gasteiger charge is 2.19. The number of amides is 1. The first kappa shape index (κ1) is 16.9. The van der Waals surface area contributed by atoms with Crippen molar-refractivity contribution in [2.24, 2.45) is 0 Å². The lowest BCUT2D eigenvalue weighted by molar-refractivity contribution is -0.126. The maximum absolute atomic E-state index is 12.3. The number of piperazine rings is 1. The van der Waals surface area contributed by atoms with Crippen LogP contribution in [-0.2, 0) is 4.79 Å². The highest BCUT2D eigenvalue weighted by Crippen LogP contribution is 2.21. The van der Waals surface area contributed by atoms with Crippen LogP contribution >= 0.6 is 23.2 Å². The molecular formula is C19H18Cl2N2O. The third-order valence-corrected chi connectivity index (χ3v) is 4.54. The van der Waals surface area contributed by atoms with Gasteiger partial charge in [-0.1, -0.05) is 41.4 Å². The molecule has 1 heterocycles. The van der Waals surface area contributed by atoms with Gasteiger partial charge in [0.1, 0.15) is 0 Å². The van der Waals surface area contributed by atoms with Crippen LogP contribution in [0.2, 0.25) is 10.0 Å². The van der Waals surface area contributed by atoms with Gasteiger partial charge in [-0.15, -0.1) is 0 Å². The second kappa shape index (κ2) is 7.73. The Morgan fingerprint density at radius 3 is 2.29 bits per heavy atom. The van der Waals surface area contributed by atoms with Crippen LogP contribution in [0.4, 0.5) is 5.69 Å². The van der Waals surface area contributed by atoms with Crippen molar-refractivity contribution in [1.29, 1.82) is 0 Å². The van der Waals surface area contributed by atoms with Gasteiger partial charge in [-0.25, -0.2) is 0 Å². The summed E-state index contributed by atoms with van der Waals surface area (Å²) in [5.41, 5.74) is 2.07. The minimum absolute atomic E-state index is 0.0377. The van der Waals surface area contributed by atoms with E-state index in [-0.39, 0.29) is 5.91 Å². The van der Waals surface area contributed by atoms with Gasteiger partial charge in [0.05, 0.1) is 0 Å². The molecule has 2 aromatic carbocycles. The second-order valence-electron chi connectivity index (χ2n) is 5.68. The highest BCUT2D eigenvalue weighted by atomic mass is 35.5. The first-order valence-electron chi connectivity index (χ1n) is 7.85. The molecular weight excluding hydrogens is 343 g/mol. The summed E-state index contributed by atoms with van der Waals surface area (Å²) in [5, 5.41) is 1.42. The Balaban J connectivity index is 1.56. The standard InChI is InChI=1S/C19H18Cl2N2O/c20-16-7-4-15(5-8-16)6-9-19(24)23-12-10-22(11-13-23)18-3-1-2-17(21)14-18/h1-9,14H,10-13H2/b9-6-. The number of carbonyl (C=O) groups excluding carboxylic acids is 1. The Morgan fingerprint density at radius 1 is 0.917 bits per heavy atom. The molecule has 0 aromatic heterocycles. The number of anilines is 1. The minimum atomic E-state index is 0.0377. The zero-order valence-corrected chi connectivity index (χ0v) is 14.7. The number of benzene rings is 2. The van der Waals surface area contributed by atoms with Gasteiger partial charge in [-0.3, -0.25) is 4.79 Å². The predicted molar refractivity (Wildman–Crippen MR) is 101 cm³/mol. The van der Waals surface area contributed by atoms with E-state index in [0.29, 0.717) is 18.1 Å². The van der Waals surface area contributed by atoms with E-state index in [1.807, 2.05) is 59.5 Å². The summed E-state index contributed by atoms with van der Waals surface area (Å²) in [7, 11) is 0. The molecule has 1 aliphatic rings. The molecule has 3 rings (SSSR count). The second-order valence-corrected chi connectivity index (χ2v) is 6.55. The zero-order valence-electron chi connectivity index (χ0n) is 13.2. The molecule has 124 valence electrons. The van der Waals surface area contributed by atoms with Crippen molar-refractivity contribution in [3.8, 4) is 0 Å². The van der Waals surface area contributed by atoms with E-state index in [1.165, 1.54) is 0 Å². The third-order valence-electron chi connectivity index (χ3n) is 4.05. The third kappa shape index (κ3) is 4.31. The molecule has 24 heavy (non-hydrogen) atoms. The molecule has 0 unspecified atom stereocenters. The molecule has 1 fully saturated rings. The first-order chi connectivity index (χ1) is 11.6. The van der Waals surface area contributed by atoms with Gasteiger partial charge in [0.25, 0.3) is 0 Å². The molecule has 3 nitrogen and oxygen atoms in total. The molecule has 0 N–H and O–H groups in total. The minimum Gasteiger partial charge on any atom is -0.368 e. The van der Waals surface area contributed by atoms with Crippen LogP contribution in [0.25, 0.3) is 6.08 Å². The molecule has 1 aliphatic heterocycles. The summed E-state index contributed by atoms with van der Waals surface area (Å²) in [6, 6.07) is 15.2. The lowest BCUT2D eigenvalue weighted by atomic mass is 10.2. The Morgan fingerprint density at radius 2 is 1.62 bits per heavy atom. The van der Waals surface area contributed by atoms with Gasteiger partial charge in [0.15, 0.2) is 0 Å². The van der Waals surface area contributed by atoms with Crippen molar-refractivity contribution in [3.63, 3.8) is 0 Å². The highest BCUT2D eigenvalue weighted by molar-refractivity contribution is 6.31. The van der Waals surface area contributed by atoms with Crippen LogP contribution < -0.4 is 4.90 Å². The first-order valence-corrected chi connectivity index (χ1v) is 8.60. The summed E-state index contributed by atoms with van der Waals surface area (Å²) in [6.07, 6.45) is 3.44. The molecule has 0 saturated carbocycles. The van der Waals surface area contributed by atoms with Crippen LogP contribution in [0.3, 0.4) is 0 Å². The normalized spacial score (nSPS) is 15.1. The average Bonchev–Trinajstić information content (AvgIpc) is 2.61. The van der Waals surface area contributed by atoms with Gasteiger partial charge >= 0.3 is 0 Å². The Bertz CT molecular complexity index is 735. The molecule has 0 radical (unpaired) electrons. The van der Waals surface area contributed by atoms with E-state index in [1.54, 1.807) is 6.08 Å². The zero-order chi connectivity index (χ0) is 16.9. The lowest BCUT2D eigenvalue weighted by Crippen LogP contribution is -2.48. The Labute approximate surface area is 152 Å². The average molecular weight is 361 g/mol. The van der Waals surface area contributed by atoms with E-state index in [0.717, 1.165) is 29.4 Å². The van der Waals surface area contributed by atoms with Crippen LogP contribution in [0.15, 0.2) is 54.6 Å². The van der Waals surface area contributed by atoms with E-state index in [4.69, 9.17) is 23.2 Å².